The number of carbonyl (C=O) groups excluding carboxylic acids is 2. The number of likely N-dealkylation sites (tertiary alicyclic amines) is 1. The van der Waals surface area contributed by atoms with Gasteiger partial charge in [-0.15, -0.1) is 0 Å². The minimum absolute atomic E-state index is 0.0459. The van der Waals surface area contributed by atoms with Crippen LogP contribution in [0.4, 0.5) is 11.4 Å². The van der Waals surface area contributed by atoms with Crippen LogP contribution >= 0.6 is 0 Å². The molecule has 8 heteroatoms. The molecule has 0 unspecified atom stereocenters. The van der Waals surface area contributed by atoms with Crippen LogP contribution in [0.2, 0.25) is 0 Å². The molecular formula is C22H20N4O4. The van der Waals surface area contributed by atoms with Crippen LogP contribution in [0.5, 0.6) is 0 Å². The summed E-state index contributed by atoms with van der Waals surface area (Å²) in [6.45, 7) is 0.914. The lowest BCUT2D eigenvalue weighted by Gasteiger charge is -2.31. The smallest absolute Gasteiger partial charge is 0.310 e. The number of nitrogens with one attached hydrogen (secondary N) is 1. The first-order chi connectivity index (χ1) is 14.5. The van der Waals surface area contributed by atoms with Crippen LogP contribution in [0.15, 0.2) is 60.9 Å². The van der Waals surface area contributed by atoms with Gasteiger partial charge in [0.15, 0.2) is 0 Å². The van der Waals surface area contributed by atoms with Gasteiger partial charge in [-0.05, 0) is 35.7 Å². The second-order valence-electron chi connectivity index (χ2n) is 7.23. The number of aromatic nitrogens is 1. The molecule has 0 atom stereocenters. The summed E-state index contributed by atoms with van der Waals surface area (Å²) < 4.78 is 0. The van der Waals surface area contributed by atoms with E-state index in [1.165, 1.54) is 12.3 Å². The number of pyridine rings is 1. The van der Waals surface area contributed by atoms with E-state index in [9.17, 15) is 19.7 Å². The average molecular weight is 404 g/mol. The predicted molar refractivity (Wildman–Crippen MR) is 112 cm³/mol. The number of nitrogens with zero attached hydrogens (tertiary/aromatic N) is 3. The first-order valence-corrected chi connectivity index (χ1v) is 9.71. The van der Waals surface area contributed by atoms with E-state index in [4.69, 9.17) is 0 Å². The standard InChI is InChI=1S/C22H20N4O4/c27-21(24-19-8-11-23-14-20(19)26(29)30)16-9-12-25(13-10-16)22(28)18-7-3-5-15-4-1-2-6-17(15)18/h1-8,11,14,16H,9-10,12-13H2,(H,23,24,27). The maximum Gasteiger partial charge on any atom is 0.310 e. The topological polar surface area (TPSA) is 105 Å². The van der Waals surface area contributed by atoms with Crippen molar-refractivity contribution in [2.45, 2.75) is 12.8 Å². The van der Waals surface area contributed by atoms with Gasteiger partial charge in [0.05, 0.1) is 4.92 Å². The number of piperidine rings is 1. The fraction of sp³-hybridized carbons (Fsp3) is 0.227. The Morgan fingerprint density at radius 2 is 1.80 bits per heavy atom. The van der Waals surface area contributed by atoms with E-state index in [0.717, 1.165) is 17.0 Å². The Hall–Kier alpha value is -3.81. The van der Waals surface area contributed by atoms with Crippen LogP contribution in [0, 0.1) is 16.0 Å². The molecule has 1 aromatic heterocycles. The highest BCUT2D eigenvalue weighted by molar-refractivity contribution is 6.07. The van der Waals surface area contributed by atoms with Gasteiger partial charge in [0.2, 0.25) is 5.91 Å². The van der Waals surface area contributed by atoms with Crippen molar-refractivity contribution >= 4 is 34.0 Å². The summed E-state index contributed by atoms with van der Waals surface area (Å²) in [6, 6.07) is 14.8. The van der Waals surface area contributed by atoms with E-state index < -0.39 is 4.92 Å². The number of carbonyl (C=O) groups is 2. The summed E-state index contributed by atoms with van der Waals surface area (Å²) in [5, 5.41) is 15.7. The van der Waals surface area contributed by atoms with Crippen molar-refractivity contribution in [1.82, 2.24) is 9.88 Å². The molecule has 2 amide bonds. The molecule has 4 rings (SSSR count). The molecule has 0 radical (unpaired) electrons. The molecule has 1 saturated heterocycles. The van der Waals surface area contributed by atoms with Crippen molar-refractivity contribution in [3.05, 3.63) is 76.6 Å². The maximum absolute atomic E-state index is 13.0. The molecule has 1 fully saturated rings. The van der Waals surface area contributed by atoms with Gasteiger partial charge in [0.25, 0.3) is 5.91 Å². The van der Waals surface area contributed by atoms with Crippen LogP contribution in [0.3, 0.4) is 0 Å². The first kappa shape index (κ1) is 19.5. The fourth-order valence-electron chi connectivity index (χ4n) is 3.80. The molecule has 2 aromatic carbocycles. The van der Waals surface area contributed by atoms with Gasteiger partial charge >= 0.3 is 5.69 Å². The first-order valence-electron chi connectivity index (χ1n) is 9.71. The second kappa shape index (κ2) is 8.28. The van der Waals surface area contributed by atoms with Gasteiger partial charge in [-0.25, -0.2) is 0 Å². The Bertz CT molecular complexity index is 1120. The zero-order valence-electron chi connectivity index (χ0n) is 16.2. The fourth-order valence-corrected chi connectivity index (χ4v) is 3.80. The summed E-state index contributed by atoms with van der Waals surface area (Å²) in [4.78, 5) is 41.7. The Morgan fingerprint density at radius 1 is 1.07 bits per heavy atom. The van der Waals surface area contributed by atoms with Gasteiger partial charge in [0, 0.05) is 30.8 Å². The third kappa shape index (κ3) is 3.84. The Kier molecular flexibility index (Phi) is 5.38. The molecule has 152 valence electrons. The molecule has 0 spiro atoms. The third-order valence-electron chi connectivity index (χ3n) is 5.43. The van der Waals surface area contributed by atoms with E-state index in [1.54, 1.807) is 4.90 Å². The van der Waals surface area contributed by atoms with Crippen LogP contribution < -0.4 is 5.32 Å². The van der Waals surface area contributed by atoms with Crippen LogP contribution in [0.25, 0.3) is 10.8 Å². The van der Waals surface area contributed by atoms with Crippen molar-refractivity contribution in [2.75, 3.05) is 18.4 Å². The lowest BCUT2D eigenvalue weighted by Crippen LogP contribution is -2.41. The molecule has 0 bridgehead atoms. The van der Waals surface area contributed by atoms with Crippen LogP contribution in [-0.2, 0) is 4.79 Å². The molecule has 1 aliphatic rings. The maximum atomic E-state index is 13.0. The molecule has 0 saturated carbocycles. The van der Waals surface area contributed by atoms with E-state index in [0.29, 0.717) is 31.5 Å². The lowest BCUT2D eigenvalue weighted by molar-refractivity contribution is -0.384. The SMILES string of the molecule is O=C(Nc1ccncc1[N+](=O)[O-])C1CCN(C(=O)c2cccc3ccccc23)CC1. The highest BCUT2D eigenvalue weighted by Gasteiger charge is 2.29. The molecule has 1 N–H and O–H groups in total. The largest absolute Gasteiger partial charge is 0.339 e. The second-order valence-corrected chi connectivity index (χ2v) is 7.23. The number of hydrogen-bond donors (Lipinski definition) is 1. The van der Waals surface area contributed by atoms with E-state index in [2.05, 4.69) is 10.3 Å². The number of fused-ring (bicyclic) bond motifs is 1. The Morgan fingerprint density at radius 3 is 2.57 bits per heavy atom. The summed E-state index contributed by atoms with van der Waals surface area (Å²) in [5.41, 5.74) is 0.548. The minimum Gasteiger partial charge on any atom is -0.339 e. The van der Waals surface area contributed by atoms with Crippen molar-refractivity contribution < 1.29 is 14.5 Å². The molecule has 8 nitrogen and oxygen atoms in total. The molecule has 3 aromatic rings. The van der Waals surface area contributed by atoms with Gasteiger partial charge in [-0.3, -0.25) is 24.7 Å². The quantitative estimate of drug-likeness (QED) is 0.528. The summed E-state index contributed by atoms with van der Waals surface area (Å²) in [5.74, 6) is -0.633. The molecule has 0 aliphatic carbocycles. The van der Waals surface area contributed by atoms with Crippen LogP contribution in [0.1, 0.15) is 23.2 Å². The highest BCUT2D eigenvalue weighted by atomic mass is 16.6. The van der Waals surface area contributed by atoms with Gasteiger partial charge in [-0.2, -0.15) is 0 Å². The monoisotopic (exact) mass is 404 g/mol. The van der Waals surface area contributed by atoms with Gasteiger partial charge in [0.1, 0.15) is 11.9 Å². The van der Waals surface area contributed by atoms with E-state index in [1.807, 2.05) is 42.5 Å². The normalized spacial score (nSPS) is 14.5. The van der Waals surface area contributed by atoms with Gasteiger partial charge in [-0.1, -0.05) is 36.4 Å². The average Bonchev–Trinajstić information content (AvgIpc) is 2.78. The lowest BCUT2D eigenvalue weighted by atomic mass is 9.94. The van der Waals surface area contributed by atoms with Crippen molar-refractivity contribution in [1.29, 1.82) is 0 Å². The Labute approximate surface area is 172 Å². The number of hydrogen-bond acceptors (Lipinski definition) is 5. The van der Waals surface area contributed by atoms with Crippen molar-refractivity contribution in [3.63, 3.8) is 0 Å². The highest BCUT2D eigenvalue weighted by Crippen LogP contribution is 2.26. The minimum atomic E-state index is -0.575. The van der Waals surface area contributed by atoms with Crippen molar-refractivity contribution in [2.24, 2.45) is 5.92 Å². The summed E-state index contributed by atoms with van der Waals surface area (Å²) >= 11 is 0. The predicted octanol–water partition coefficient (Wildman–Crippen LogP) is 3.63. The zero-order chi connectivity index (χ0) is 21.1. The van der Waals surface area contributed by atoms with E-state index >= 15 is 0 Å². The van der Waals surface area contributed by atoms with Crippen molar-refractivity contribution in [3.8, 4) is 0 Å². The summed E-state index contributed by atoms with van der Waals surface area (Å²) in [7, 11) is 0. The Balaban J connectivity index is 1.42. The summed E-state index contributed by atoms with van der Waals surface area (Å²) in [6.07, 6.45) is 3.51. The van der Waals surface area contributed by atoms with E-state index in [-0.39, 0.29) is 29.1 Å². The molecule has 30 heavy (non-hydrogen) atoms. The molecule has 1 aliphatic heterocycles. The third-order valence-corrected chi connectivity index (χ3v) is 5.43. The zero-order valence-corrected chi connectivity index (χ0v) is 16.2. The number of anilines is 1. The van der Waals surface area contributed by atoms with Gasteiger partial charge < -0.3 is 10.2 Å². The number of rotatable bonds is 4. The van der Waals surface area contributed by atoms with Crippen LogP contribution in [-0.4, -0.2) is 39.7 Å². The molecule has 2 heterocycles. The molecular weight excluding hydrogens is 384 g/mol. The number of benzene rings is 2. The number of amides is 2. The number of nitro groups is 1.